The lowest BCUT2D eigenvalue weighted by molar-refractivity contribution is -0.138. The standard InChI is InChI=1S/C30H32F4N2O/c1-20(2)36(29(37)22-12-14-25(31)15-13-22)18-24-17-35(19-27(24)26-10-6-4-8-21(26)3)16-23-9-5-7-11-28(23)30(32,33)34/h4-15,20,24,27H,16-19H2,1-3H3. The molecule has 3 aromatic rings. The summed E-state index contributed by atoms with van der Waals surface area (Å²) in [7, 11) is 0. The van der Waals surface area contributed by atoms with Crippen molar-refractivity contribution in [2.45, 2.75) is 45.5 Å². The van der Waals surface area contributed by atoms with Gasteiger partial charge >= 0.3 is 6.18 Å². The molecule has 1 amide bonds. The van der Waals surface area contributed by atoms with E-state index < -0.39 is 17.6 Å². The fourth-order valence-electron chi connectivity index (χ4n) is 5.34. The van der Waals surface area contributed by atoms with Gasteiger partial charge in [-0.15, -0.1) is 0 Å². The molecule has 0 aromatic heterocycles. The first-order chi connectivity index (χ1) is 17.5. The van der Waals surface area contributed by atoms with E-state index in [9.17, 15) is 22.4 Å². The molecule has 1 heterocycles. The zero-order chi connectivity index (χ0) is 26.7. The zero-order valence-electron chi connectivity index (χ0n) is 21.3. The van der Waals surface area contributed by atoms with Crippen LogP contribution in [-0.2, 0) is 12.7 Å². The van der Waals surface area contributed by atoms with E-state index in [0.717, 1.165) is 17.2 Å². The number of alkyl halides is 3. The summed E-state index contributed by atoms with van der Waals surface area (Å²) in [6.07, 6.45) is -4.42. The molecule has 1 aliphatic heterocycles. The molecule has 1 fully saturated rings. The van der Waals surface area contributed by atoms with E-state index in [-0.39, 0.29) is 35.9 Å². The normalized spacial score (nSPS) is 18.4. The van der Waals surface area contributed by atoms with Crippen LogP contribution in [0.2, 0.25) is 0 Å². The Kier molecular flexibility index (Phi) is 8.02. The van der Waals surface area contributed by atoms with Crippen molar-refractivity contribution in [3.63, 3.8) is 0 Å². The summed E-state index contributed by atoms with van der Waals surface area (Å²) in [6.45, 7) is 7.71. The molecule has 0 radical (unpaired) electrons. The summed E-state index contributed by atoms with van der Waals surface area (Å²) in [4.78, 5) is 17.2. The zero-order valence-corrected chi connectivity index (χ0v) is 21.3. The SMILES string of the molecule is Cc1ccccc1C1CN(Cc2ccccc2C(F)(F)F)CC1CN(C(=O)c1ccc(F)cc1)C(C)C. The van der Waals surface area contributed by atoms with E-state index in [1.165, 1.54) is 36.4 Å². The maximum Gasteiger partial charge on any atom is 0.416 e. The molecule has 2 atom stereocenters. The van der Waals surface area contributed by atoms with Crippen LogP contribution in [0.1, 0.15) is 52.4 Å². The number of halogens is 4. The predicted molar refractivity (Wildman–Crippen MR) is 137 cm³/mol. The third-order valence-electron chi connectivity index (χ3n) is 7.23. The lowest BCUT2D eigenvalue weighted by Crippen LogP contribution is -2.42. The number of rotatable bonds is 7. The fourth-order valence-corrected chi connectivity index (χ4v) is 5.34. The Morgan fingerprint density at radius 3 is 2.27 bits per heavy atom. The van der Waals surface area contributed by atoms with Crippen molar-refractivity contribution in [1.29, 1.82) is 0 Å². The Balaban J connectivity index is 1.62. The molecule has 3 aromatic carbocycles. The predicted octanol–water partition coefficient (Wildman–Crippen LogP) is 6.92. The van der Waals surface area contributed by atoms with Crippen molar-refractivity contribution >= 4 is 5.91 Å². The molecule has 196 valence electrons. The Labute approximate surface area is 215 Å². The van der Waals surface area contributed by atoms with Crippen LogP contribution in [0.25, 0.3) is 0 Å². The molecule has 1 aliphatic rings. The lowest BCUT2D eigenvalue weighted by Gasteiger charge is -2.32. The third-order valence-corrected chi connectivity index (χ3v) is 7.23. The van der Waals surface area contributed by atoms with Gasteiger partial charge in [0.05, 0.1) is 5.56 Å². The van der Waals surface area contributed by atoms with Crippen LogP contribution >= 0.6 is 0 Å². The number of likely N-dealkylation sites (tertiary alicyclic amines) is 1. The molecule has 4 rings (SSSR count). The largest absolute Gasteiger partial charge is 0.416 e. The number of hydrogen-bond donors (Lipinski definition) is 0. The molecule has 7 heteroatoms. The van der Waals surface area contributed by atoms with Gasteiger partial charge in [0.1, 0.15) is 5.82 Å². The topological polar surface area (TPSA) is 23.6 Å². The first-order valence-corrected chi connectivity index (χ1v) is 12.5. The molecular weight excluding hydrogens is 480 g/mol. The summed E-state index contributed by atoms with van der Waals surface area (Å²) < 4.78 is 54.4. The maximum atomic E-state index is 13.6. The summed E-state index contributed by atoms with van der Waals surface area (Å²) >= 11 is 0. The van der Waals surface area contributed by atoms with Crippen LogP contribution in [0.4, 0.5) is 17.6 Å². The maximum absolute atomic E-state index is 13.6. The summed E-state index contributed by atoms with van der Waals surface area (Å²) in [6, 6.07) is 19.2. The van der Waals surface area contributed by atoms with Gasteiger partial charge in [0.2, 0.25) is 0 Å². The second-order valence-electron chi connectivity index (χ2n) is 10.1. The van der Waals surface area contributed by atoms with Gasteiger partial charge in [-0.05, 0) is 73.7 Å². The number of carbonyl (C=O) groups excluding carboxylic acids is 1. The van der Waals surface area contributed by atoms with Gasteiger partial charge in [-0.1, -0.05) is 42.5 Å². The molecule has 0 N–H and O–H groups in total. The van der Waals surface area contributed by atoms with E-state index in [1.807, 2.05) is 39.0 Å². The van der Waals surface area contributed by atoms with Gasteiger partial charge in [0, 0.05) is 43.7 Å². The van der Waals surface area contributed by atoms with Crippen molar-refractivity contribution in [2.24, 2.45) is 5.92 Å². The third kappa shape index (κ3) is 6.21. The highest BCUT2D eigenvalue weighted by Gasteiger charge is 2.39. The first-order valence-electron chi connectivity index (χ1n) is 12.5. The number of benzene rings is 3. The molecule has 37 heavy (non-hydrogen) atoms. The molecule has 0 bridgehead atoms. The molecule has 0 aliphatic carbocycles. The van der Waals surface area contributed by atoms with Crippen LogP contribution < -0.4 is 0 Å². The van der Waals surface area contributed by atoms with Crippen LogP contribution in [-0.4, -0.2) is 41.4 Å². The van der Waals surface area contributed by atoms with Gasteiger partial charge in [-0.2, -0.15) is 13.2 Å². The van der Waals surface area contributed by atoms with Crippen LogP contribution in [0.5, 0.6) is 0 Å². The van der Waals surface area contributed by atoms with E-state index in [1.54, 1.807) is 11.0 Å². The molecule has 1 saturated heterocycles. The average molecular weight is 513 g/mol. The second-order valence-corrected chi connectivity index (χ2v) is 10.1. The average Bonchev–Trinajstić information content (AvgIpc) is 3.24. The number of amides is 1. The molecular formula is C30H32F4N2O. The Hall–Kier alpha value is -3.19. The Bertz CT molecular complexity index is 1220. The van der Waals surface area contributed by atoms with Crippen LogP contribution in [0, 0.1) is 18.7 Å². The molecule has 3 nitrogen and oxygen atoms in total. The van der Waals surface area contributed by atoms with Crippen molar-refractivity contribution < 1.29 is 22.4 Å². The lowest BCUT2D eigenvalue weighted by atomic mass is 9.86. The minimum absolute atomic E-state index is 0.0194. The summed E-state index contributed by atoms with van der Waals surface area (Å²) in [5.41, 5.74) is 2.33. The molecule has 0 saturated carbocycles. The number of carbonyl (C=O) groups is 1. The fraction of sp³-hybridized carbons (Fsp3) is 0.367. The second kappa shape index (κ2) is 11.1. The van der Waals surface area contributed by atoms with Gasteiger partial charge < -0.3 is 4.90 Å². The van der Waals surface area contributed by atoms with E-state index in [2.05, 4.69) is 11.0 Å². The minimum atomic E-state index is -4.42. The number of hydrogen-bond acceptors (Lipinski definition) is 2. The monoisotopic (exact) mass is 512 g/mol. The first kappa shape index (κ1) is 26.9. The van der Waals surface area contributed by atoms with E-state index in [0.29, 0.717) is 25.2 Å². The van der Waals surface area contributed by atoms with Gasteiger partial charge in [0.25, 0.3) is 5.91 Å². The summed E-state index contributed by atoms with van der Waals surface area (Å²) in [5, 5.41) is 0. The molecule has 2 unspecified atom stereocenters. The van der Waals surface area contributed by atoms with Crippen LogP contribution in [0.15, 0.2) is 72.8 Å². The minimum Gasteiger partial charge on any atom is -0.336 e. The van der Waals surface area contributed by atoms with Gasteiger partial charge in [-0.25, -0.2) is 4.39 Å². The highest BCUT2D eigenvalue weighted by atomic mass is 19.4. The quantitative estimate of drug-likeness (QED) is 0.321. The van der Waals surface area contributed by atoms with Gasteiger partial charge in [0.15, 0.2) is 0 Å². The highest BCUT2D eigenvalue weighted by molar-refractivity contribution is 5.94. The number of aryl methyl sites for hydroxylation is 1. The van der Waals surface area contributed by atoms with Crippen molar-refractivity contribution in [2.75, 3.05) is 19.6 Å². The van der Waals surface area contributed by atoms with Crippen molar-refractivity contribution in [3.8, 4) is 0 Å². The smallest absolute Gasteiger partial charge is 0.336 e. The van der Waals surface area contributed by atoms with Crippen molar-refractivity contribution in [3.05, 3.63) is 106 Å². The number of nitrogens with zero attached hydrogens (tertiary/aromatic N) is 2. The van der Waals surface area contributed by atoms with Gasteiger partial charge in [-0.3, -0.25) is 9.69 Å². The summed E-state index contributed by atoms with van der Waals surface area (Å²) in [5.74, 6) is -0.510. The highest BCUT2D eigenvalue weighted by Crippen LogP contribution is 2.38. The van der Waals surface area contributed by atoms with Crippen molar-refractivity contribution in [1.82, 2.24) is 9.80 Å². The van der Waals surface area contributed by atoms with E-state index >= 15 is 0 Å². The Morgan fingerprint density at radius 1 is 0.973 bits per heavy atom. The Morgan fingerprint density at radius 2 is 1.62 bits per heavy atom. The van der Waals surface area contributed by atoms with Crippen LogP contribution in [0.3, 0.4) is 0 Å². The van der Waals surface area contributed by atoms with E-state index in [4.69, 9.17) is 0 Å². The molecule has 0 spiro atoms.